The fraction of sp³-hybridized carbons (Fsp3) is 0.200. The summed E-state index contributed by atoms with van der Waals surface area (Å²) >= 11 is 0. The van der Waals surface area contributed by atoms with Crippen molar-refractivity contribution >= 4 is 0 Å². The van der Waals surface area contributed by atoms with E-state index in [-0.39, 0.29) is 0 Å². The van der Waals surface area contributed by atoms with E-state index in [2.05, 4.69) is 22.3 Å². The molecule has 2 aromatic carbocycles. The molecule has 5 rings (SSSR count). The first-order valence-electron chi connectivity index (χ1n) is 8.41. The van der Waals surface area contributed by atoms with Gasteiger partial charge in [0, 0.05) is 6.07 Å². The zero-order valence-corrected chi connectivity index (χ0v) is 13.6. The van der Waals surface area contributed by atoms with E-state index in [1.165, 1.54) is 24.0 Å². The predicted octanol–water partition coefficient (Wildman–Crippen LogP) is 4.44. The van der Waals surface area contributed by atoms with Crippen molar-refractivity contribution < 1.29 is 14.2 Å². The van der Waals surface area contributed by atoms with Crippen LogP contribution >= 0.6 is 0 Å². The minimum atomic E-state index is 0.337. The number of fused-ring (bicyclic) bond motifs is 3. The molecular weight excluding hydrogens is 316 g/mol. The highest BCUT2D eigenvalue weighted by molar-refractivity contribution is 5.51. The van der Waals surface area contributed by atoms with E-state index >= 15 is 0 Å². The second-order valence-electron chi connectivity index (χ2n) is 6.23. The number of ether oxygens (including phenoxy) is 3. The van der Waals surface area contributed by atoms with Crippen LogP contribution < -0.4 is 14.2 Å². The van der Waals surface area contributed by atoms with Crippen molar-refractivity contribution in [3.05, 3.63) is 65.4 Å². The van der Waals surface area contributed by atoms with E-state index in [1.807, 2.05) is 36.4 Å². The van der Waals surface area contributed by atoms with Crippen molar-refractivity contribution in [2.45, 2.75) is 25.9 Å². The number of rotatable bonds is 3. The summed E-state index contributed by atoms with van der Waals surface area (Å²) < 4.78 is 17.4. The molecule has 2 aliphatic rings. The van der Waals surface area contributed by atoms with Crippen molar-refractivity contribution in [1.29, 1.82) is 0 Å². The summed E-state index contributed by atoms with van der Waals surface area (Å²) in [5.74, 6) is 3.11. The minimum Gasteiger partial charge on any atom is -0.487 e. The molecule has 1 aliphatic carbocycles. The summed E-state index contributed by atoms with van der Waals surface area (Å²) in [4.78, 5) is 0. The Balaban J connectivity index is 1.33. The molecule has 0 amide bonds. The standard InChI is InChI=1S/C20H16N2O3/c1-2-7-18-17(6-1)24-19-11-15(21-22-20(19)25-18)12-23-16-9-8-13-4-3-5-14(13)10-16/h1-2,6-11H,3-5,12H2. The molecule has 1 aromatic heterocycles. The average Bonchev–Trinajstić information content (AvgIpc) is 3.12. The molecule has 0 fully saturated rings. The molecule has 0 radical (unpaired) electrons. The first-order chi connectivity index (χ1) is 12.3. The topological polar surface area (TPSA) is 53.5 Å². The van der Waals surface area contributed by atoms with Crippen LogP contribution in [0.2, 0.25) is 0 Å². The summed E-state index contributed by atoms with van der Waals surface area (Å²) in [6.07, 6.45) is 3.54. The van der Waals surface area contributed by atoms with Gasteiger partial charge >= 0.3 is 0 Å². The van der Waals surface area contributed by atoms with Crippen LogP contribution in [0.3, 0.4) is 0 Å². The number of aryl methyl sites for hydroxylation is 2. The van der Waals surface area contributed by atoms with Gasteiger partial charge in [0.15, 0.2) is 17.2 Å². The van der Waals surface area contributed by atoms with Crippen LogP contribution in [0.15, 0.2) is 48.5 Å². The maximum atomic E-state index is 5.88. The lowest BCUT2D eigenvalue weighted by molar-refractivity contribution is 0.293. The van der Waals surface area contributed by atoms with Crippen molar-refractivity contribution in [2.75, 3.05) is 0 Å². The fourth-order valence-electron chi connectivity index (χ4n) is 3.25. The molecular formula is C20H16N2O3. The zero-order valence-electron chi connectivity index (χ0n) is 13.6. The van der Waals surface area contributed by atoms with Crippen LogP contribution in [-0.4, -0.2) is 10.2 Å². The SMILES string of the molecule is c1ccc2c(c1)Oc1cc(COc3ccc4c(c3)CCC4)nnc1O2. The van der Waals surface area contributed by atoms with E-state index in [9.17, 15) is 0 Å². The van der Waals surface area contributed by atoms with Gasteiger partial charge in [-0.1, -0.05) is 18.2 Å². The average molecular weight is 332 g/mol. The molecule has 0 bridgehead atoms. The van der Waals surface area contributed by atoms with Gasteiger partial charge in [-0.25, -0.2) is 0 Å². The maximum Gasteiger partial charge on any atom is 0.282 e. The van der Waals surface area contributed by atoms with Crippen LogP contribution in [0, 0.1) is 0 Å². The summed E-state index contributed by atoms with van der Waals surface area (Å²) in [5.41, 5.74) is 3.52. The van der Waals surface area contributed by atoms with E-state index < -0.39 is 0 Å². The fourth-order valence-corrected chi connectivity index (χ4v) is 3.25. The Morgan fingerprint density at radius 1 is 0.840 bits per heavy atom. The molecule has 25 heavy (non-hydrogen) atoms. The highest BCUT2D eigenvalue weighted by Crippen LogP contribution is 2.43. The third-order valence-electron chi connectivity index (χ3n) is 4.51. The molecule has 0 N–H and O–H groups in total. The van der Waals surface area contributed by atoms with Crippen molar-refractivity contribution in [3.63, 3.8) is 0 Å². The summed E-state index contributed by atoms with van der Waals surface area (Å²) in [5, 5.41) is 8.28. The first-order valence-corrected chi connectivity index (χ1v) is 8.41. The smallest absolute Gasteiger partial charge is 0.282 e. The minimum absolute atomic E-state index is 0.337. The van der Waals surface area contributed by atoms with Crippen LogP contribution in [0.1, 0.15) is 23.2 Å². The molecule has 0 saturated heterocycles. The van der Waals surface area contributed by atoms with E-state index in [0.717, 1.165) is 12.2 Å². The lowest BCUT2D eigenvalue weighted by Crippen LogP contribution is -2.06. The first kappa shape index (κ1) is 14.3. The molecule has 124 valence electrons. The molecule has 5 nitrogen and oxygen atoms in total. The Bertz CT molecular complexity index is 955. The monoisotopic (exact) mass is 332 g/mol. The highest BCUT2D eigenvalue weighted by atomic mass is 16.6. The zero-order chi connectivity index (χ0) is 16.6. The van der Waals surface area contributed by atoms with E-state index in [4.69, 9.17) is 14.2 Å². The number of para-hydroxylation sites is 2. The number of nitrogens with zero attached hydrogens (tertiary/aromatic N) is 2. The van der Waals surface area contributed by atoms with Gasteiger partial charge in [0.1, 0.15) is 18.1 Å². The van der Waals surface area contributed by atoms with Crippen molar-refractivity contribution in [1.82, 2.24) is 10.2 Å². The van der Waals surface area contributed by atoms with Crippen LogP contribution in [0.25, 0.3) is 0 Å². The van der Waals surface area contributed by atoms with E-state index in [1.54, 1.807) is 0 Å². The lowest BCUT2D eigenvalue weighted by Gasteiger charge is -2.19. The summed E-state index contributed by atoms with van der Waals surface area (Å²) in [6, 6.07) is 15.6. The number of hydrogen-bond donors (Lipinski definition) is 0. The third-order valence-corrected chi connectivity index (χ3v) is 4.51. The Morgan fingerprint density at radius 3 is 2.60 bits per heavy atom. The Kier molecular flexibility index (Phi) is 3.30. The second kappa shape index (κ2) is 5.77. The Labute approximate surface area is 145 Å². The number of hydrogen-bond acceptors (Lipinski definition) is 5. The van der Waals surface area contributed by atoms with Crippen molar-refractivity contribution in [3.8, 4) is 28.9 Å². The Morgan fingerprint density at radius 2 is 1.68 bits per heavy atom. The Hall–Kier alpha value is -3.08. The van der Waals surface area contributed by atoms with E-state index in [0.29, 0.717) is 35.4 Å². The molecule has 0 unspecified atom stereocenters. The lowest BCUT2D eigenvalue weighted by atomic mass is 10.1. The van der Waals surface area contributed by atoms with Crippen molar-refractivity contribution in [2.24, 2.45) is 0 Å². The molecule has 0 spiro atoms. The summed E-state index contributed by atoms with van der Waals surface area (Å²) in [6.45, 7) is 0.337. The van der Waals surface area contributed by atoms with Gasteiger partial charge in [0.05, 0.1) is 0 Å². The molecule has 0 saturated carbocycles. The molecule has 0 atom stereocenters. The van der Waals surface area contributed by atoms with Gasteiger partial charge in [0.2, 0.25) is 0 Å². The van der Waals surface area contributed by atoms with Gasteiger partial charge in [-0.05, 0) is 54.7 Å². The van der Waals surface area contributed by atoms with Crippen LogP contribution in [0.5, 0.6) is 28.9 Å². The molecule has 5 heteroatoms. The third kappa shape index (κ3) is 2.67. The van der Waals surface area contributed by atoms with Crippen LogP contribution in [0.4, 0.5) is 0 Å². The van der Waals surface area contributed by atoms with Gasteiger partial charge in [-0.2, -0.15) is 0 Å². The molecule has 1 aliphatic heterocycles. The number of aromatic nitrogens is 2. The van der Waals surface area contributed by atoms with Crippen LogP contribution in [-0.2, 0) is 19.4 Å². The quantitative estimate of drug-likeness (QED) is 0.555. The van der Waals surface area contributed by atoms with Gasteiger partial charge < -0.3 is 14.2 Å². The number of benzene rings is 2. The van der Waals surface area contributed by atoms with Gasteiger partial charge in [-0.15, -0.1) is 10.2 Å². The maximum absolute atomic E-state index is 5.88. The molecule has 3 aromatic rings. The predicted molar refractivity (Wildman–Crippen MR) is 91.4 cm³/mol. The summed E-state index contributed by atoms with van der Waals surface area (Å²) in [7, 11) is 0. The normalized spacial score (nSPS) is 13.9. The van der Waals surface area contributed by atoms with Gasteiger partial charge in [0.25, 0.3) is 5.88 Å². The second-order valence-corrected chi connectivity index (χ2v) is 6.23. The highest BCUT2D eigenvalue weighted by Gasteiger charge is 2.21. The van der Waals surface area contributed by atoms with Gasteiger partial charge in [-0.3, -0.25) is 0 Å². The molecule has 2 heterocycles. The largest absolute Gasteiger partial charge is 0.487 e.